The van der Waals surface area contributed by atoms with Crippen LogP contribution in [0.5, 0.6) is 5.75 Å². The van der Waals surface area contributed by atoms with Gasteiger partial charge in [0.15, 0.2) is 0 Å². The number of benzene rings is 1. The molecule has 0 saturated carbocycles. The third-order valence-electron chi connectivity index (χ3n) is 4.08. The van der Waals surface area contributed by atoms with Crippen LogP contribution in [0.4, 0.5) is 0 Å². The van der Waals surface area contributed by atoms with Gasteiger partial charge in [0.2, 0.25) is 0 Å². The molecule has 0 N–H and O–H groups in total. The van der Waals surface area contributed by atoms with Crippen LogP contribution >= 0.6 is 0 Å². The Bertz CT molecular complexity index is 488. The van der Waals surface area contributed by atoms with E-state index in [-0.39, 0.29) is 0 Å². The van der Waals surface area contributed by atoms with Gasteiger partial charge in [-0.25, -0.2) is 0 Å². The number of para-hydroxylation sites is 1. The van der Waals surface area contributed by atoms with Crippen LogP contribution in [0.2, 0.25) is 0 Å². The highest BCUT2D eigenvalue weighted by Crippen LogP contribution is 2.41. The minimum atomic E-state index is -0.540. The molecule has 0 aromatic heterocycles. The van der Waals surface area contributed by atoms with Gasteiger partial charge in [-0.05, 0) is 38.4 Å². The summed E-state index contributed by atoms with van der Waals surface area (Å²) in [6.45, 7) is 8.72. The van der Waals surface area contributed by atoms with Crippen LogP contribution in [-0.4, -0.2) is 24.6 Å². The van der Waals surface area contributed by atoms with E-state index in [4.69, 9.17) is 4.74 Å². The molecular weight excluding hydrogens is 236 g/mol. The first-order valence-electron chi connectivity index (χ1n) is 7.08. The van der Waals surface area contributed by atoms with E-state index in [0.29, 0.717) is 6.61 Å². The maximum absolute atomic E-state index is 9.89. The summed E-state index contributed by atoms with van der Waals surface area (Å²) in [4.78, 5) is 2.25. The summed E-state index contributed by atoms with van der Waals surface area (Å²) in [7, 11) is 0. The van der Waals surface area contributed by atoms with Crippen LogP contribution < -0.4 is 4.74 Å². The molecule has 2 rings (SSSR count). The van der Waals surface area contributed by atoms with E-state index < -0.39 is 5.54 Å². The minimum Gasteiger partial charge on any atom is -0.493 e. The van der Waals surface area contributed by atoms with Crippen LogP contribution in [-0.2, 0) is 5.54 Å². The Hall–Kier alpha value is -1.53. The maximum Gasteiger partial charge on any atom is 0.138 e. The van der Waals surface area contributed by atoms with Crippen molar-refractivity contribution in [3.63, 3.8) is 0 Å². The van der Waals surface area contributed by atoms with Crippen LogP contribution in [0.25, 0.3) is 0 Å². The van der Waals surface area contributed by atoms with Gasteiger partial charge in [0.05, 0.1) is 12.7 Å². The van der Waals surface area contributed by atoms with Gasteiger partial charge in [0, 0.05) is 5.56 Å². The zero-order valence-corrected chi connectivity index (χ0v) is 12.1. The molecule has 0 spiro atoms. The minimum absolute atomic E-state index is 0.540. The molecule has 0 saturated heterocycles. The molecule has 19 heavy (non-hydrogen) atoms. The second-order valence-corrected chi connectivity index (χ2v) is 5.05. The normalized spacial score (nSPS) is 22.3. The fourth-order valence-electron chi connectivity index (χ4n) is 3.09. The van der Waals surface area contributed by atoms with Crippen molar-refractivity contribution in [3.8, 4) is 11.8 Å². The molecule has 3 nitrogen and oxygen atoms in total. The Balaban J connectivity index is 2.63. The Kier molecular flexibility index (Phi) is 4.11. The Labute approximate surface area is 115 Å². The maximum atomic E-state index is 9.89. The molecule has 1 aromatic carbocycles. The first kappa shape index (κ1) is 13.9. The standard InChI is InChI=1S/C16H22N2O/c1-4-18(5-2)16(12-17)10-7-11-19-15-13(3)8-6-9-14(15)16/h6,8-9H,4-5,7,10-11H2,1-3H3. The van der Waals surface area contributed by atoms with E-state index in [1.54, 1.807) is 0 Å². The van der Waals surface area contributed by atoms with E-state index in [9.17, 15) is 5.26 Å². The number of aryl methyl sites for hydroxylation is 1. The summed E-state index contributed by atoms with van der Waals surface area (Å²) in [5, 5.41) is 9.89. The Morgan fingerprint density at radius 2 is 2.11 bits per heavy atom. The van der Waals surface area contributed by atoms with Gasteiger partial charge in [-0.2, -0.15) is 5.26 Å². The number of fused-ring (bicyclic) bond motifs is 1. The molecule has 0 bridgehead atoms. The average molecular weight is 258 g/mol. The van der Waals surface area contributed by atoms with Crippen molar-refractivity contribution >= 4 is 0 Å². The van der Waals surface area contributed by atoms with Crippen LogP contribution in [0.1, 0.15) is 37.8 Å². The first-order chi connectivity index (χ1) is 9.19. The number of hydrogen-bond acceptors (Lipinski definition) is 3. The van der Waals surface area contributed by atoms with E-state index in [1.807, 2.05) is 6.07 Å². The second kappa shape index (κ2) is 5.63. The quantitative estimate of drug-likeness (QED) is 0.835. The zero-order chi connectivity index (χ0) is 13.9. The molecule has 1 unspecified atom stereocenters. The van der Waals surface area contributed by atoms with E-state index in [0.717, 1.165) is 42.8 Å². The SMILES string of the molecule is CCN(CC)C1(C#N)CCCOc2c(C)cccc21. The predicted octanol–water partition coefficient (Wildman–Crippen LogP) is 3.23. The van der Waals surface area contributed by atoms with Crippen molar-refractivity contribution in [1.82, 2.24) is 4.90 Å². The number of hydrogen-bond donors (Lipinski definition) is 0. The molecular formula is C16H22N2O. The topological polar surface area (TPSA) is 36.3 Å². The van der Waals surface area contributed by atoms with Gasteiger partial charge in [-0.15, -0.1) is 0 Å². The lowest BCUT2D eigenvalue weighted by Crippen LogP contribution is -2.45. The van der Waals surface area contributed by atoms with Gasteiger partial charge in [0.25, 0.3) is 0 Å². The van der Waals surface area contributed by atoms with Gasteiger partial charge in [-0.1, -0.05) is 32.0 Å². The molecule has 0 radical (unpaired) electrons. The molecule has 102 valence electrons. The van der Waals surface area contributed by atoms with Crippen molar-refractivity contribution < 1.29 is 4.74 Å². The summed E-state index contributed by atoms with van der Waals surface area (Å²) in [6.07, 6.45) is 1.75. The monoisotopic (exact) mass is 258 g/mol. The molecule has 0 aliphatic carbocycles. The molecule has 1 aliphatic rings. The number of nitrogens with zero attached hydrogens (tertiary/aromatic N) is 2. The lowest BCUT2D eigenvalue weighted by molar-refractivity contribution is 0.142. The first-order valence-corrected chi connectivity index (χ1v) is 7.08. The Morgan fingerprint density at radius 1 is 1.37 bits per heavy atom. The second-order valence-electron chi connectivity index (χ2n) is 5.05. The average Bonchev–Trinajstić information content (AvgIpc) is 2.62. The number of ether oxygens (including phenoxy) is 1. The largest absolute Gasteiger partial charge is 0.493 e. The lowest BCUT2D eigenvalue weighted by Gasteiger charge is -2.37. The number of rotatable bonds is 3. The molecule has 3 heteroatoms. The third-order valence-corrected chi connectivity index (χ3v) is 4.08. The lowest BCUT2D eigenvalue weighted by atomic mass is 9.84. The predicted molar refractivity (Wildman–Crippen MR) is 76.1 cm³/mol. The van der Waals surface area contributed by atoms with Gasteiger partial charge in [0.1, 0.15) is 11.3 Å². The molecule has 1 heterocycles. The van der Waals surface area contributed by atoms with Crippen molar-refractivity contribution in [1.29, 1.82) is 5.26 Å². The van der Waals surface area contributed by atoms with E-state index in [1.165, 1.54) is 0 Å². The smallest absolute Gasteiger partial charge is 0.138 e. The van der Waals surface area contributed by atoms with Gasteiger partial charge in [-0.3, -0.25) is 4.90 Å². The molecule has 1 atom stereocenters. The summed E-state index contributed by atoms with van der Waals surface area (Å²) < 4.78 is 5.90. The van der Waals surface area contributed by atoms with Gasteiger partial charge < -0.3 is 4.74 Å². The van der Waals surface area contributed by atoms with Crippen molar-refractivity contribution in [2.24, 2.45) is 0 Å². The summed E-state index contributed by atoms with van der Waals surface area (Å²) in [6, 6.07) is 8.72. The molecule has 1 aliphatic heterocycles. The molecule has 0 amide bonds. The van der Waals surface area contributed by atoms with Crippen molar-refractivity contribution in [3.05, 3.63) is 29.3 Å². The number of nitriles is 1. The summed E-state index contributed by atoms with van der Waals surface area (Å²) in [5.41, 5.74) is 1.61. The van der Waals surface area contributed by atoms with E-state index in [2.05, 4.69) is 43.9 Å². The van der Waals surface area contributed by atoms with Crippen LogP contribution in [0, 0.1) is 18.3 Å². The van der Waals surface area contributed by atoms with Crippen LogP contribution in [0.3, 0.4) is 0 Å². The van der Waals surface area contributed by atoms with Crippen molar-refractivity contribution in [2.75, 3.05) is 19.7 Å². The fraction of sp³-hybridized carbons (Fsp3) is 0.562. The van der Waals surface area contributed by atoms with Gasteiger partial charge >= 0.3 is 0 Å². The summed E-state index contributed by atoms with van der Waals surface area (Å²) >= 11 is 0. The van der Waals surface area contributed by atoms with Crippen molar-refractivity contribution in [2.45, 2.75) is 39.2 Å². The summed E-state index contributed by atoms with van der Waals surface area (Å²) in [5.74, 6) is 0.911. The van der Waals surface area contributed by atoms with Crippen LogP contribution in [0.15, 0.2) is 18.2 Å². The molecule has 1 aromatic rings. The highest BCUT2D eigenvalue weighted by molar-refractivity contribution is 5.48. The zero-order valence-electron chi connectivity index (χ0n) is 12.1. The highest BCUT2D eigenvalue weighted by atomic mass is 16.5. The van der Waals surface area contributed by atoms with E-state index >= 15 is 0 Å². The third kappa shape index (κ3) is 2.21. The fourth-order valence-corrected chi connectivity index (χ4v) is 3.09. The molecule has 0 fully saturated rings. The highest BCUT2D eigenvalue weighted by Gasteiger charge is 2.41. The Morgan fingerprint density at radius 3 is 2.74 bits per heavy atom.